The Morgan fingerprint density at radius 2 is 2.00 bits per heavy atom. The molecule has 0 aliphatic heterocycles. The molecule has 1 amide bonds. The Bertz CT molecular complexity index is 402. The third kappa shape index (κ3) is 5.75. The molecule has 0 saturated carbocycles. The van der Waals surface area contributed by atoms with E-state index in [0.717, 1.165) is 6.42 Å². The first-order chi connectivity index (χ1) is 9.00. The molecular weight excluding hydrogens is 242 g/mol. The molecule has 0 unspecified atom stereocenters. The van der Waals surface area contributed by atoms with Crippen LogP contribution in [0.5, 0.6) is 5.75 Å². The summed E-state index contributed by atoms with van der Waals surface area (Å²) >= 11 is 0. The summed E-state index contributed by atoms with van der Waals surface area (Å²) in [6.07, 6.45) is 0.343. The van der Waals surface area contributed by atoms with Crippen LogP contribution >= 0.6 is 0 Å². The van der Waals surface area contributed by atoms with Crippen LogP contribution in [0.25, 0.3) is 0 Å². The fraction of sp³-hybridized carbons (Fsp3) is 0.533. The summed E-state index contributed by atoms with van der Waals surface area (Å²) in [7, 11) is 0. The number of ether oxygens (including phenoxy) is 1. The number of hydrogen-bond acceptors (Lipinski definition) is 3. The summed E-state index contributed by atoms with van der Waals surface area (Å²) in [6.45, 7) is 6.54. The first kappa shape index (κ1) is 15.5. The molecule has 0 fully saturated rings. The van der Waals surface area contributed by atoms with Crippen molar-refractivity contribution in [2.24, 2.45) is 5.92 Å². The van der Waals surface area contributed by atoms with Crippen molar-refractivity contribution in [3.05, 3.63) is 29.8 Å². The van der Waals surface area contributed by atoms with Crippen molar-refractivity contribution in [3.63, 3.8) is 0 Å². The first-order valence-corrected chi connectivity index (χ1v) is 6.67. The van der Waals surface area contributed by atoms with Crippen molar-refractivity contribution >= 4 is 5.91 Å². The van der Waals surface area contributed by atoms with E-state index in [1.54, 1.807) is 19.1 Å². The van der Waals surface area contributed by atoms with Crippen LogP contribution in [-0.2, 0) is 4.79 Å². The predicted molar refractivity (Wildman–Crippen MR) is 75.0 cm³/mol. The zero-order valence-corrected chi connectivity index (χ0v) is 11.8. The number of nitrogens with one attached hydrogen (secondary N) is 1. The highest BCUT2D eigenvalue weighted by molar-refractivity contribution is 5.77. The summed E-state index contributed by atoms with van der Waals surface area (Å²) in [5, 5.41) is 12.4. The van der Waals surface area contributed by atoms with Gasteiger partial charge in [-0.3, -0.25) is 4.79 Å². The maximum absolute atomic E-state index is 11.6. The lowest BCUT2D eigenvalue weighted by atomic mass is 10.1. The standard InChI is InChI=1S/C15H23NO3/c1-11(2)8-9-16-15(18)10-19-14-7-5-4-6-13(14)12(3)17/h4-7,11-12,17H,8-10H2,1-3H3,(H,16,18)/t12-/m0/s1. The highest BCUT2D eigenvalue weighted by atomic mass is 16.5. The van der Waals surface area contributed by atoms with Crippen LogP contribution in [0.4, 0.5) is 0 Å². The maximum Gasteiger partial charge on any atom is 0.257 e. The van der Waals surface area contributed by atoms with Gasteiger partial charge in [0, 0.05) is 12.1 Å². The zero-order valence-electron chi connectivity index (χ0n) is 11.8. The molecule has 0 heterocycles. The molecular formula is C15H23NO3. The number of rotatable bonds is 7. The molecule has 1 aromatic rings. The Labute approximate surface area is 114 Å². The van der Waals surface area contributed by atoms with E-state index in [4.69, 9.17) is 4.74 Å². The molecule has 0 aromatic heterocycles. The van der Waals surface area contributed by atoms with Crippen LogP contribution in [0.3, 0.4) is 0 Å². The van der Waals surface area contributed by atoms with Crippen molar-refractivity contribution < 1.29 is 14.6 Å². The van der Waals surface area contributed by atoms with Crippen molar-refractivity contribution in [1.29, 1.82) is 0 Å². The van der Waals surface area contributed by atoms with Crippen molar-refractivity contribution in [1.82, 2.24) is 5.32 Å². The second-order valence-corrected chi connectivity index (χ2v) is 5.03. The van der Waals surface area contributed by atoms with Crippen LogP contribution in [-0.4, -0.2) is 24.2 Å². The molecule has 0 spiro atoms. The summed E-state index contributed by atoms with van der Waals surface area (Å²) in [5.74, 6) is 0.981. The molecule has 106 valence electrons. The number of amides is 1. The van der Waals surface area contributed by atoms with Gasteiger partial charge in [0.25, 0.3) is 5.91 Å². The topological polar surface area (TPSA) is 58.6 Å². The molecule has 0 aliphatic carbocycles. The van der Waals surface area contributed by atoms with Gasteiger partial charge in [0.05, 0.1) is 6.10 Å². The predicted octanol–water partition coefficient (Wildman–Crippen LogP) is 2.28. The number of para-hydroxylation sites is 1. The Morgan fingerprint density at radius 3 is 2.63 bits per heavy atom. The average molecular weight is 265 g/mol. The smallest absolute Gasteiger partial charge is 0.257 e. The van der Waals surface area contributed by atoms with E-state index < -0.39 is 6.10 Å². The normalized spacial score (nSPS) is 12.3. The molecule has 0 aliphatic rings. The summed E-state index contributed by atoms with van der Waals surface area (Å²) in [4.78, 5) is 11.6. The Kier molecular flexibility index (Phi) is 6.36. The minimum atomic E-state index is -0.611. The molecule has 1 rings (SSSR count). The molecule has 4 nitrogen and oxygen atoms in total. The van der Waals surface area contributed by atoms with E-state index in [0.29, 0.717) is 23.8 Å². The minimum Gasteiger partial charge on any atom is -0.483 e. The minimum absolute atomic E-state index is 0.0260. The Hall–Kier alpha value is -1.55. The lowest BCUT2D eigenvalue weighted by Crippen LogP contribution is -2.30. The third-order valence-electron chi connectivity index (χ3n) is 2.77. The van der Waals surface area contributed by atoms with Gasteiger partial charge in [0.15, 0.2) is 6.61 Å². The second kappa shape index (κ2) is 7.79. The SMILES string of the molecule is CC(C)CCNC(=O)COc1ccccc1[C@H](C)O. The number of aliphatic hydroxyl groups is 1. The van der Waals surface area contributed by atoms with E-state index in [1.807, 2.05) is 12.1 Å². The monoisotopic (exact) mass is 265 g/mol. The highest BCUT2D eigenvalue weighted by Crippen LogP contribution is 2.24. The lowest BCUT2D eigenvalue weighted by Gasteiger charge is -2.13. The van der Waals surface area contributed by atoms with Gasteiger partial charge in [-0.25, -0.2) is 0 Å². The van der Waals surface area contributed by atoms with Crippen LogP contribution < -0.4 is 10.1 Å². The van der Waals surface area contributed by atoms with Gasteiger partial charge in [-0.2, -0.15) is 0 Å². The molecule has 19 heavy (non-hydrogen) atoms. The number of carbonyl (C=O) groups is 1. The maximum atomic E-state index is 11.6. The van der Waals surface area contributed by atoms with Gasteiger partial charge >= 0.3 is 0 Å². The quantitative estimate of drug-likeness (QED) is 0.795. The summed E-state index contributed by atoms with van der Waals surface area (Å²) < 4.78 is 5.45. The molecule has 2 N–H and O–H groups in total. The van der Waals surface area contributed by atoms with Gasteiger partial charge in [0.1, 0.15) is 5.75 Å². The number of aliphatic hydroxyl groups excluding tert-OH is 1. The van der Waals surface area contributed by atoms with E-state index in [2.05, 4.69) is 19.2 Å². The van der Waals surface area contributed by atoms with Crippen LogP contribution in [0, 0.1) is 5.92 Å². The summed E-state index contributed by atoms with van der Waals surface area (Å²) in [5.41, 5.74) is 0.692. The Balaban J connectivity index is 2.42. The van der Waals surface area contributed by atoms with Crippen molar-refractivity contribution in [2.45, 2.75) is 33.3 Å². The van der Waals surface area contributed by atoms with Crippen molar-refractivity contribution in [3.8, 4) is 5.75 Å². The van der Waals surface area contributed by atoms with Crippen LogP contribution in [0.1, 0.15) is 38.9 Å². The third-order valence-corrected chi connectivity index (χ3v) is 2.77. The van der Waals surface area contributed by atoms with Gasteiger partial charge in [-0.1, -0.05) is 32.0 Å². The molecule has 0 bridgehead atoms. The van der Waals surface area contributed by atoms with Gasteiger partial charge in [0.2, 0.25) is 0 Å². The highest BCUT2D eigenvalue weighted by Gasteiger charge is 2.09. The van der Waals surface area contributed by atoms with E-state index in [9.17, 15) is 9.90 Å². The Morgan fingerprint density at radius 1 is 1.32 bits per heavy atom. The number of carbonyl (C=O) groups excluding carboxylic acids is 1. The van der Waals surface area contributed by atoms with E-state index in [1.165, 1.54) is 0 Å². The molecule has 0 saturated heterocycles. The van der Waals surface area contributed by atoms with Crippen LogP contribution in [0.2, 0.25) is 0 Å². The molecule has 1 atom stereocenters. The largest absolute Gasteiger partial charge is 0.483 e. The molecule has 1 aromatic carbocycles. The summed E-state index contributed by atoms with van der Waals surface area (Å²) in [6, 6.07) is 7.19. The second-order valence-electron chi connectivity index (χ2n) is 5.03. The van der Waals surface area contributed by atoms with Gasteiger partial charge in [-0.05, 0) is 25.3 Å². The van der Waals surface area contributed by atoms with Crippen LogP contribution in [0.15, 0.2) is 24.3 Å². The van der Waals surface area contributed by atoms with Crippen molar-refractivity contribution in [2.75, 3.05) is 13.2 Å². The first-order valence-electron chi connectivity index (χ1n) is 6.67. The van der Waals surface area contributed by atoms with Gasteiger partial charge < -0.3 is 15.2 Å². The average Bonchev–Trinajstić information content (AvgIpc) is 2.36. The fourth-order valence-electron chi connectivity index (χ4n) is 1.65. The fourth-order valence-corrected chi connectivity index (χ4v) is 1.65. The zero-order chi connectivity index (χ0) is 14.3. The van der Waals surface area contributed by atoms with E-state index >= 15 is 0 Å². The lowest BCUT2D eigenvalue weighted by molar-refractivity contribution is -0.123. The number of hydrogen-bond donors (Lipinski definition) is 2. The van der Waals surface area contributed by atoms with E-state index in [-0.39, 0.29) is 12.5 Å². The molecule has 4 heteroatoms. The molecule has 0 radical (unpaired) electrons. The number of benzene rings is 1. The van der Waals surface area contributed by atoms with Gasteiger partial charge in [-0.15, -0.1) is 0 Å².